The first kappa shape index (κ1) is 13.2. The van der Waals surface area contributed by atoms with Crippen molar-refractivity contribution in [1.82, 2.24) is 10.5 Å². The molecule has 0 atom stereocenters. The summed E-state index contributed by atoms with van der Waals surface area (Å²) in [7, 11) is 0. The minimum Gasteiger partial charge on any atom is -0.389 e. The number of aromatic nitrogens is 1. The molecule has 0 saturated heterocycles. The highest BCUT2D eigenvalue weighted by Gasteiger charge is 2.10. The van der Waals surface area contributed by atoms with E-state index in [1.807, 2.05) is 24.3 Å². The Morgan fingerprint density at radius 2 is 2.26 bits per heavy atom. The van der Waals surface area contributed by atoms with Gasteiger partial charge in [-0.1, -0.05) is 35.6 Å². The summed E-state index contributed by atoms with van der Waals surface area (Å²) in [5.74, 6) is 0.318. The molecule has 19 heavy (non-hydrogen) atoms. The molecule has 0 bridgehead atoms. The van der Waals surface area contributed by atoms with Crippen LogP contribution in [0.5, 0.6) is 0 Å². The molecular formula is C13H13N3O2S. The van der Waals surface area contributed by atoms with Crippen LogP contribution >= 0.6 is 12.2 Å². The third-order valence-electron chi connectivity index (χ3n) is 2.53. The van der Waals surface area contributed by atoms with Gasteiger partial charge in [-0.3, -0.25) is 4.79 Å². The molecule has 0 spiro atoms. The van der Waals surface area contributed by atoms with Crippen LogP contribution in [-0.2, 0) is 6.54 Å². The molecule has 0 aliphatic carbocycles. The zero-order valence-corrected chi connectivity index (χ0v) is 11.2. The van der Waals surface area contributed by atoms with Crippen molar-refractivity contribution in [1.29, 1.82) is 0 Å². The lowest BCUT2D eigenvalue weighted by molar-refractivity contribution is 0.0942. The fourth-order valence-corrected chi connectivity index (χ4v) is 1.71. The number of rotatable bonds is 4. The predicted molar refractivity (Wildman–Crippen MR) is 74.7 cm³/mol. The average Bonchev–Trinajstić information content (AvgIpc) is 2.83. The number of carbonyl (C=O) groups excluding carboxylic acids is 1. The molecule has 6 heteroatoms. The second kappa shape index (κ2) is 5.62. The predicted octanol–water partition coefficient (Wildman–Crippen LogP) is 1.55. The van der Waals surface area contributed by atoms with E-state index in [1.165, 1.54) is 0 Å². The lowest BCUT2D eigenvalue weighted by atomic mass is 10.1. The lowest BCUT2D eigenvalue weighted by Gasteiger charge is -2.05. The molecule has 3 N–H and O–H groups in total. The van der Waals surface area contributed by atoms with E-state index >= 15 is 0 Å². The number of benzene rings is 1. The summed E-state index contributed by atoms with van der Waals surface area (Å²) >= 11 is 4.90. The van der Waals surface area contributed by atoms with Gasteiger partial charge in [0.2, 0.25) is 0 Å². The lowest BCUT2D eigenvalue weighted by Crippen LogP contribution is -2.23. The molecule has 1 amide bonds. The van der Waals surface area contributed by atoms with E-state index < -0.39 is 0 Å². The van der Waals surface area contributed by atoms with E-state index in [0.717, 1.165) is 11.1 Å². The van der Waals surface area contributed by atoms with Gasteiger partial charge in [-0.2, -0.15) is 0 Å². The topological polar surface area (TPSA) is 81.2 Å². The van der Waals surface area contributed by atoms with Crippen molar-refractivity contribution < 1.29 is 9.32 Å². The Balaban J connectivity index is 2.01. The molecule has 0 aliphatic heterocycles. The molecule has 0 radical (unpaired) electrons. The van der Waals surface area contributed by atoms with E-state index in [2.05, 4.69) is 10.5 Å². The number of carbonyl (C=O) groups is 1. The van der Waals surface area contributed by atoms with Crippen LogP contribution in [0.1, 0.15) is 27.4 Å². The summed E-state index contributed by atoms with van der Waals surface area (Å²) in [4.78, 5) is 12.1. The van der Waals surface area contributed by atoms with Gasteiger partial charge in [0, 0.05) is 18.2 Å². The number of hydrogen-bond acceptors (Lipinski definition) is 4. The van der Waals surface area contributed by atoms with Crippen molar-refractivity contribution in [3.8, 4) is 0 Å². The number of amides is 1. The average molecular weight is 275 g/mol. The summed E-state index contributed by atoms with van der Waals surface area (Å²) in [5, 5.41) is 6.40. The van der Waals surface area contributed by atoms with Gasteiger partial charge in [0.25, 0.3) is 5.91 Å². The SMILES string of the molecule is Cc1cc(C(=O)NCc2cccc(C(N)=S)c2)no1. The number of nitrogens with one attached hydrogen (secondary N) is 1. The molecule has 2 rings (SSSR count). The van der Waals surface area contributed by atoms with Crippen molar-refractivity contribution in [2.24, 2.45) is 5.73 Å². The van der Waals surface area contributed by atoms with Crippen LogP contribution in [0.4, 0.5) is 0 Å². The van der Waals surface area contributed by atoms with Gasteiger partial charge in [-0.05, 0) is 18.6 Å². The maximum absolute atomic E-state index is 11.8. The van der Waals surface area contributed by atoms with Gasteiger partial charge in [0.15, 0.2) is 5.69 Å². The minimum absolute atomic E-state index is 0.267. The number of nitrogens with two attached hydrogens (primary N) is 1. The van der Waals surface area contributed by atoms with E-state index in [0.29, 0.717) is 17.3 Å². The molecule has 0 fully saturated rings. The summed E-state index contributed by atoms with van der Waals surface area (Å²) in [6.45, 7) is 2.11. The Morgan fingerprint density at radius 3 is 2.89 bits per heavy atom. The van der Waals surface area contributed by atoms with Gasteiger partial charge < -0.3 is 15.6 Å². The Bertz CT molecular complexity index is 622. The zero-order valence-electron chi connectivity index (χ0n) is 10.3. The smallest absolute Gasteiger partial charge is 0.273 e. The summed E-state index contributed by atoms with van der Waals surface area (Å²) < 4.78 is 4.84. The Hall–Kier alpha value is -2.21. The zero-order chi connectivity index (χ0) is 13.8. The summed E-state index contributed by atoms with van der Waals surface area (Å²) in [6.07, 6.45) is 0. The van der Waals surface area contributed by atoms with Crippen LogP contribution in [0.15, 0.2) is 34.9 Å². The van der Waals surface area contributed by atoms with Crippen LogP contribution < -0.4 is 11.1 Å². The largest absolute Gasteiger partial charge is 0.389 e. The Morgan fingerprint density at radius 1 is 1.47 bits per heavy atom. The molecule has 1 aromatic carbocycles. The molecule has 0 unspecified atom stereocenters. The fraction of sp³-hybridized carbons (Fsp3) is 0.154. The van der Waals surface area contributed by atoms with Crippen LogP contribution in [-0.4, -0.2) is 16.1 Å². The fourth-order valence-electron chi connectivity index (χ4n) is 1.58. The number of aryl methyl sites for hydroxylation is 1. The molecular weight excluding hydrogens is 262 g/mol. The first-order valence-corrected chi connectivity index (χ1v) is 6.07. The normalized spacial score (nSPS) is 10.2. The van der Waals surface area contributed by atoms with Gasteiger partial charge in [0.1, 0.15) is 10.7 Å². The third kappa shape index (κ3) is 3.38. The van der Waals surface area contributed by atoms with Crippen molar-refractivity contribution in [3.05, 3.63) is 52.9 Å². The quantitative estimate of drug-likeness (QED) is 0.827. The van der Waals surface area contributed by atoms with E-state index in [9.17, 15) is 4.79 Å². The van der Waals surface area contributed by atoms with E-state index in [1.54, 1.807) is 13.0 Å². The highest BCUT2D eigenvalue weighted by atomic mass is 32.1. The number of nitrogens with zero attached hydrogens (tertiary/aromatic N) is 1. The molecule has 98 valence electrons. The summed E-state index contributed by atoms with van der Waals surface area (Å²) in [5.41, 5.74) is 7.51. The summed E-state index contributed by atoms with van der Waals surface area (Å²) in [6, 6.07) is 8.98. The van der Waals surface area contributed by atoms with E-state index in [-0.39, 0.29) is 11.6 Å². The number of thiocarbonyl (C=S) groups is 1. The van der Waals surface area contributed by atoms with Gasteiger partial charge in [0.05, 0.1) is 0 Å². The number of hydrogen-bond donors (Lipinski definition) is 2. The third-order valence-corrected chi connectivity index (χ3v) is 2.76. The highest BCUT2D eigenvalue weighted by Crippen LogP contribution is 2.06. The first-order valence-electron chi connectivity index (χ1n) is 5.66. The molecule has 1 aromatic heterocycles. The highest BCUT2D eigenvalue weighted by molar-refractivity contribution is 7.80. The standard InChI is InChI=1S/C13H13N3O2S/c1-8-5-11(16-18-8)13(17)15-7-9-3-2-4-10(6-9)12(14)19/h2-6H,7H2,1H3,(H2,14,19)(H,15,17). The molecule has 5 nitrogen and oxygen atoms in total. The molecule has 1 heterocycles. The van der Waals surface area contributed by atoms with Gasteiger partial charge >= 0.3 is 0 Å². The second-order valence-electron chi connectivity index (χ2n) is 4.07. The Kier molecular flexibility index (Phi) is 3.91. The molecule has 2 aromatic rings. The maximum Gasteiger partial charge on any atom is 0.273 e. The van der Waals surface area contributed by atoms with Crippen molar-refractivity contribution >= 4 is 23.1 Å². The van der Waals surface area contributed by atoms with Crippen molar-refractivity contribution in [3.63, 3.8) is 0 Å². The first-order chi connectivity index (χ1) is 9.06. The van der Waals surface area contributed by atoms with Crippen LogP contribution in [0.3, 0.4) is 0 Å². The van der Waals surface area contributed by atoms with Gasteiger partial charge in [-0.15, -0.1) is 0 Å². The minimum atomic E-state index is -0.280. The molecule has 0 saturated carbocycles. The monoisotopic (exact) mass is 275 g/mol. The Labute approximate surface area is 115 Å². The van der Waals surface area contributed by atoms with Crippen molar-refractivity contribution in [2.75, 3.05) is 0 Å². The van der Waals surface area contributed by atoms with Crippen molar-refractivity contribution in [2.45, 2.75) is 13.5 Å². The maximum atomic E-state index is 11.8. The second-order valence-corrected chi connectivity index (χ2v) is 4.51. The van der Waals surface area contributed by atoms with E-state index in [4.69, 9.17) is 22.5 Å². The van der Waals surface area contributed by atoms with Crippen LogP contribution in [0.25, 0.3) is 0 Å². The van der Waals surface area contributed by atoms with Crippen LogP contribution in [0, 0.1) is 6.92 Å². The van der Waals surface area contributed by atoms with Gasteiger partial charge in [-0.25, -0.2) is 0 Å². The molecule has 0 aliphatic rings. The van der Waals surface area contributed by atoms with Crippen LogP contribution in [0.2, 0.25) is 0 Å².